The van der Waals surface area contributed by atoms with Crippen molar-refractivity contribution < 1.29 is 4.79 Å². The van der Waals surface area contributed by atoms with Crippen LogP contribution in [-0.4, -0.2) is 37.5 Å². The van der Waals surface area contributed by atoms with Crippen LogP contribution in [0.15, 0.2) is 24.3 Å². The van der Waals surface area contributed by atoms with Gasteiger partial charge in [-0.15, -0.1) is 0 Å². The predicted molar refractivity (Wildman–Crippen MR) is 82.7 cm³/mol. The molecule has 110 valence electrons. The van der Waals surface area contributed by atoms with E-state index in [1.807, 2.05) is 19.2 Å². The van der Waals surface area contributed by atoms with Crippen molar-refractivity contribution >= 4 is 11.6 Å². The molecule has 1 aliphatic heterocycles. The Morgan fingerprint density at radius 1 is 1.20 bits per heavy atom. The van der Waals surface area contributed by atoms with Crippen LogP contribution in [0, 0.1) is 0 Å². The van der Waals surface area contributed by atoms with Gasteiger partial charge < -0.3 is 10.6 Å². The predicted octanol–water partition coefficient (Wildman–Crippen LogP) is 2.22. The lowest BCUT2D eigenvalue weighted by Gasteiger charge is -2.14. The first-order valence-corrected chi connectivity index (χ1v) is 7.53. The van der Waals surface area contributed by atoms with Gasteiger partial charge in [-0.05, 0) is 63.6 Å². The van der Waals surface area contributed by atoms with Crippen LogP contribution >= 0.6 is 0 Å². The third kappa shape index (κ3) is 4.94. The van der Waals surface area contributed by atoms with E-state index in [4.69, 9.17) is 0 Å². The molecule has 0 saturated carbocycles. The summed E-state index contributed by atoms with van der Waals surface area (Å²) in [5.74, 6) is 0.0903. The molecule has 1 heterocycles. The molecule has 4 heteroatoms. The van der Waals surface area contributed by atoms with Gasteiger partial charge in [0, 0.05) is 18.7 Å². The normalized spacial score (nSPS) is 15.4. The van der Waals surface area contributed by atoms with Gasteiger partial charge >= 0.3 is 0 Å². The molecule has 0 unspecified atom stereocenters. The Balaban J connectivity index is 1.77. The number of carbonyl (C=O) groups excluding carboxylic acids is 1. The third-order valence-electron chi connectivity index (χ3n) is 3.67. The monoisotopic (exact) mass is 275 g/mol. The highest BCUT2D eigenvalue weighted by molar-refractivity contribution is 5.90. The zero-order valence-corrected chi connectivity index (χ0v) is 12.3. The smallest absolute Gasteiger partial charge is 0.224 e. The zero-order valence-electron chi connectivity index (χ0n) is 12.3. The SMILES string of the molecule is CNCCCC(=O)Nc1ccc(CN2CCCC2)cc1. The summed E-state index contributed by atoms with van der Waals surface area (Å²) in [5.41, 5.74) is 2.21. The average molecular weight is 275 g/mol. The number of hydrogen-bond acceptors (Lipinski definition) is 3. The average Bonchev–Trinajstić information content (AvgIpc) is 2.94. The lowest BCUT2D eigenvalue weighted by molar-refractivity contribution is -0.116. The quantitative estimate of drug-likeness (QED) is 0.750. The van der Waals surface area contributed by atoms with Gasteiger partial charge in [-0.2, -0.15) is 0 Å². The second kappa shape index (κ2) is 8.02. The van der Waals surface area contributed by atoms with Crippen molar-refractivity contribution in [2.24, 2.45) is 0 Å². The first kappa shape index (κ1) is 15.0. The number of hydrogen-bond donors (Lipinski definition) is 2. The Hall–Kier alpha value is -1.39. The summed E-state index contributed by atoms with van der Waals surface area (Å²) in [6.07, 6.45) is 4.08. The number of likely N-dealkylation sites (tertiary alicyclic amines) is 1. The number of anilines is 1. The molecule has 0 aliphatic carbocycles. The molecule has 1 amide bonds. The Morgan fingerprint density at radius 3 is 2.55 bits per heavy atom. The Labute approximate surface area is 121 Å². The van der Waals surface area contributed by atoms with Gasteiger partial charge in [0.15, 0.2) is 0 Å². The molecule has 0 bridgehead atoms. The van der Waals surface area contributed by atoms with Gasteiger partial charge in [0.25, 0.3) is 0 Å². The minimum atomic E-state index is 0.0903. The summed E-state index contributed by atoms with van der Waals surface area (Å²) in [6.45, 7) is 4.33. The minimum absolute atomic E-state index is 0.0903. The van der Waals surface area contributed by atoms with Crippen molar-refractivity contribution in [3.8, 4) is 0 Å². The molecule has 0 atom stereocenters. The summed E-state index contributed by atoms with van der Waals surface area (Å²) < 4.78 is 0. The van der Waals surface area contributed by atoms with Crippen LogP contribution in [0.1, 0.15) is 31.2 Å². The van der Waals surface area contributed by atoms with Crippen LogP contribution in [-0.2, 0) is 11.3 Å². The molecule has 0 radical (unpaired) electrons. The number of rotatable bonds is 7. The number of benzene rings is 1. The highest BCUT2D eigenvalue weighted by Gasteiger charge is 2.11. The van der Waals surface area contributed by atoms with E-state index < -0.39 is 0 Å². The second-order valence-corrected chi connectivity index (χ2v) is 5.44. The molecule has 0 aromatic heterocycles. The van der Waals surface area contributed by atoms with E-state index in [0.29, 0.717) is 6.42 Å². The molecule has 1 fully saturated rings. The molecular formula is C16H25N3O. The van der Waals surface area contributed by atoms with Crippen molar-refractivity contribution in [3.05, 3.63) is 29.8 Å². The van der Waals surface area contributed by atoms with Crippen LogP contribution in [0.5, 0.6) is 0 Å². The van der Waals surface area contributed by atoms with E-state index >= 15 is 0 Å². The van der Waals surface area contributed by atoms with Crippen LogP contribution in [0.25, 0.3) is 0 Å². The first-order valence-electron chi connectivity index (χ1n) is 7.53. The molecule has 2 N–H and O–H groups in total. The van der Waals surface area contributed by atoms with Crippen molar-refractivity contribution in [2.45, 2.75) is 32.2 Å². The van der Waals surface area contributed by atoms with Crippen LogP contribution in [0.3, 0.4) is 0 Å². The Bertz CT molecular complexity index is 410. The summed E-state index contributed by atoms with van der Waals surface area (Å²) in [7, 11) is 1.90. The number of amides is 1. The van der Waals surface area contributed by atoms with E-state index in [1.54, 1.807) is 0 Å². The number of nitrogens with one attached hydrogen (secondary N) is 2. The summed E-state index contributed by atoms with van der Waals surface area (Å²) >= 11 is 0. The fourth-order valence-corrected chi connectivity index (χ4v) is 2.54. The van der Waals surface area contributed by atoms with Gasteiger partial charge in [0.1, 0.15) is 0 Å². The van der Waals surface area contributed by atoms with Crippen molar-refractivity contribution in [1.29, 1.82) is 0 Å². The Kier molecular flexibility index (Phi) is 6.02. The lowest BCUT2D eigenvalue weighted by atomic mass is 10.2. The summed E-state index contributed by atoms with van der Waals surface area (Å²) in [4.78, 5) is 14.2. The van der Waals surface area contributed by atoms with E-state index in [-0.39, 0.29) is 5.91 Å². The first-order chi connectivity index (χ1) is 9.78. The molecule has 0 spiro atoms. The summed E-state index contributed by atoms with van der Waals surface area (Å²) in [5, 5.41) is 5.99. The number of carbonyl (C=O) groups is 1. The van der Waals surface area contributed by atoms with Gasteiger partial charge in [0.2, 0.25) is 5.91 Å². The maximum Gasteiger partial charge on any atom is 0.224 e. The maximum absolute atomic E-state index is 11.7. The highest BCUT2D eigenvalue weighted by atomic mass is 16.1. The zero-order chi connectivity index (χ0) is 14.2. The molecule has 1 aliphatic rings. The van der Waals surface area contributed by atoms with Crippen LogP contribution in [0.4, 0.5) is 5.69 Å². The van der Waals surface area contributed by atoms with Crippen molar-refractivity contribution in [3.63, 3.8) is 0 Å². The van der Waals surface area contributed by atoms with Gasteiger partial charge in [-0.3, -0.25) is 9.69 Å². The fourth-order valence-electron chi connectivity index (χ4n) is 2.54. The van der Waals surface area contributed by atoms with Crippen molar-refractivity contribution in [1.82, 2.24) is 10.2 Å². The molecular weight excluding hydrogens is 250 g/mol. The molecule has 4 nitrogen and oxygen atoms in total. The summed E-state index contributed by atoms with van der Waals surface area (Å²) in [6, 6.07) is 8.23. The van der Waals surface area contributed by atoms with E-state index in [9.17, 15) is 4.79 Å². The molecule has 1 saturated heterocycles. The highest BCUT2D eigenvalue weighted by Crippen LogP contribution is 2.15. The number of nitrogens with zero attached hydrogens (tertiary/aromatic N) is 1. The van der Waals surface area contributed by atoms with Crippen LogP contribution in [0.2, 0.25) is 0 Å². The third-order valence-corrected chi connectivity index (χ3v) is 3.67. The van der Waals surface area contributed by atoms with E-state index in [0.717, 1.165) is 25.2 Å². The molecule has 2 rings (SSSR count). The van der Waals surface area contributed by atoms with Gasteiger partial charge in [-0.1, -0.05) is 12.1 Å². The molecule has 1 aromatic rings. The topological polar surface area (TPSA) is 44.4 Å². The molecule has 20 heavy (non-hydrogen) atoms. The van der Waals surface area contributed by atoms with E-state index in [2.05, 4.69) is 27.7 Å². The van der Waals surface area contributed by atoms with Crippen LogP contribution < -0.4 is 10.6 Å². The van der Waals surface area contributed by atoms with E-state index in [1.165, 1.54) is 31.5 Å². The second-order valence-electron chi connectivity index (χ2n) is 5.44. The largest absolute Gasteiger partial charge is 0.326 e. The maximum atomic E-state index is 11.7. The van der Waals surface area contributed by atoms with Crippen molar-refractivity contribution in [2.75, 3.05) is 32.0 Å². The fraction of sp³-hybridized carbons (Fsp3) is 0.562. The van der Waals surface area contributed by atoms with Gasteiger partial charge in [-0.25, -0.2) is 0 Å². The standard InChI is InChI=1S/C16H25N3O/c1-17-10-4-5-16(20)18-15-8-6-14(7-9-15)13-19-11-2-3-12-19/h6-9,17H,2-5,10-13H2,1H3,(H,18,20). The lowest BCUT2D eigenvalue weighted by Crippen LogP contribution is -2.18. The Morgan fingerprint density at radius 2 is 1.90 bits per heavy atom. The van der Waals surface area contributed by atoms with Gasteiger partial charge in [0.05, 0.1) is 0 Å². The molecule has 1 aromatic carbocycles. The minimum Gasteiger partial charge on any atom is -0.326 e.